The SMILES string of the molecule is Cc1ccc(S(=O)(=O)N2C(c3ccccc3)=N[C@H](c3ccccc3)[C@H]2c2ccccc2)cc1. The Morgan fingerprint density at radius 3 is 1.76 bits per heavy atom. The molecule has 0 bridgehead atoms. The standard InChI is InChI=1S/C28H24N2O2S/c1-21-17-19-25(20-18-21)33(31,32)30-27(23-13-7-3-8-14-23)26(22-11-5-2-6-12-22)29-28(30)24-15-9-4-10-16-24/h2-20,26-27H,1H3/t26-,27-/m1/s1. The van der Waals surface area contributed by atoms with E-state index in [1.54, 1.807) is 12.1 Å². The molecule has 4 aromatic carbocycles. The van der Waals surface area contributed by atoms with Crippen molar-refractivity contribution in [2.24, 2.45) is 4.99 Å². The zero-order valence-electron chi connectivity index (χ0n) is 18.2. The molecular formula is C28H24N2O2S. The fourth-order valence-electron chi connectivity index (χ4n) is 4.27. The van der Waals surface area contributed by atoms with E-state index in [1.165, 1.54) is 4.31 Å². The molecular weight excluding hydrogens is 428 g/mol. The number of sulfonamides is 1. The normalized spacial score (nSPS) is 18.2. The second-order valence-corrected chi connectivity index (χ2v) is 9.96. The van der Waals surface area contributed by atoms with Crippen LogP contribution < -0.4 is 0 Å². The maximum atomic E-state index is 14.1. The molecule has 1 aliphatic heterocycles. The Kier molecular flexibility index (Phi) is 5.56. The summed E-state index contributed by atoms with van der Waals surface area (Å²) in [6.45, 7) is 1.95. The summed E-state index contributed by atoms with van der Waals surface area (Å²) in [5.41, 5.74) is 3.65. The fourth-order valence-corrected chi connectivity index (χ4v) is 5.89. The van der Waals surface area contributed by atoms with Crippen molar-refractivity contribution in [3.63, 3.8) is 0 Å². The Morgan fingerprint density at radius 1 is 0.667 bits per heavy atom. The quantitative estimate of drug-likeness (QED) is 0.377. The van der Waals surface area contributed by atoms with E-state index < -0.39 is 16.1 Å². The molecule has 4 aromatic rings. The first kappa shape index (κ1) is 21.2. The minimum absolute atomic E-state index is 0.256. The molecule has 5 heteroatoms. The fraction of sp³-hybridized carbons (Fsp3) is 0.107. The molecule has 5 rings (SSSR count). The van der Waals surface area contributed by atoms with E-state index in [4.69, 9.17) is 4.99 Å². The van der Waals surface area contributed by atoms with Crippen molar-refractivity contribution in [3.8, 4) is 0 Å². The molecule has 1 heterocycles. The van der Waals surface area contributed by atoms with E-state index in [1.807, 2.05) is 110 Å². The van der Waals surface area contributed by atoms with Gasteiger partial charge in [0.15, 0.2) is 0 Å². The third-order valence-electron chi connectivity index (χ3n) is 5.91. The van der Waals surface area contributed by atoms with Crippen LogP contribution in [0.25, 0.3) is 0 Å². The van der Waals surface area contributed by atoms with Crippen LogP contribution in [0.1, 0.15) is 34.3 Å². The van der Waals surface area contributed by atoms with Gasteiger partial charge in [-0.3, -0.25) is 4.99 Å². The lowest BCUT2D eigenvalue weighted by Crippen LogP contribution is -2.37. The van der Waals surface area contributed by atoms with Gasteiger partial charge in [0, 0.05) is 5.56 Å². The highest BCUT2D eigenvalue weighted by atomic mass is 32.2. The summed E-state index contributed by atoms with van der Waals surface area (Å²) in [5, 5.41) is 0. The highest BCUT2D eigenvalue weighted by Gasteiger charge is 2.45. The first-order valence-electron chi connectivity index (χ1n) is 10.9. The molecule has 0 spiro atoms. The molecule has 164 valence electrons. The summed E-state index contributed by atoms with van der Waals surface area (Å²) in [7, 11) is -3.89. The smallest absolute Gasteiger partial charge is 0.256 e. The highest BCUT2D eigenvalue weighted by Crippen LogP contribution is 2.46. The summed E-state index contributed by atoms with van der Waals surface area (Å²) in [6.07, 6.45) is 0. The summed E-state index contributed by atoms with van der Waals surface area (Å²) >= 11 is 0. The van der Waals surface area contributed by atoms with E-state index in [0.717, 1.165) is 22.3 Å². The van der Waals surface area contributed by atoms with Crippen LogP contribution in [0.5, 0.6) is 0 Å². The molecule has 0 N–H and O–H groups in total. The first-order chi connectivity index (χ1) is 16.1. The zero-order chi connectivity index (χ0) is 22.8. The van der Waals surface area contributed by atoms with Crippen LogP contribution in [0.15, 0.2) is 125 Å². The van der Waals surface area contributed by atoms with Crippen molar-refractivity contribution in [3.05, 3.63) is 138 Å². The molecule has 0 fully saturated rings. The molecule has 0 amide bonds. The van der Waals surface area contributed by atoms with Gasteiger partial charge in [-0.15, -0.1) is 0 Å². The van der Waals surface area contributed by atoms with Crippen LogP contribution in [0.3, 0.4) is 0 Å². The number of rotatable bonds is 5. The van der Waals surface area contributed by atoms with Crippen molar-refractivity contribution >= 4 is 15.9 Å². The van der Waals surface area contributed by atoms with Gasteiger partial charge in [-0.05, 0) is 30.2 Å². The number of hydrogen-bond donors (Lipinski definition) is 0. The maximum absolute atomic E-state index is 14.1. The largest absolute Gasteiger partial charge is 0.266 e. The van der Waals surface area contributed by atoms with E-state index in [-0.39, 0.29) is 10.9 Å². The van der Waals surface area contributed by atoms with E-state index in [2.05, 4.69) is 0 Å². The highest BCUT2D eigenvalue weighted by molar-refractivity contribution is 7.89. The van der Waals surface area contributed by atoms with Gasteiger partial charge < -0.3 is 0 Å². The Hall–Kier alpha value is -3.70. The number of amidine groups is 1. The van der Waals surface area contributed by atoms with Crippen LogP contribution in [0, 0.1) is 6.92 Å². The molecule has 0 aromatic heterocycles. The minimum Gasteiger partial charge on any atom is -0.256 e. The van der Waals surface area contributed by atoms with Crippen molar-refractivity contribution in [1.29, 1.82) is 0 Å². The summed E-state index contributed by atoms with van der Waals surface area (Å²) < 4.78 is 29.8. The van der Waals surface area contributed by atoms with Crippen LogP contribution in [-0.4, -0.2) is 18.6 Å². The number of aliphatic imine (C=N–C) groups is 1. The third-order valence-corrected chi connectivity index (χ3v) is 7.70. The molecule has 0 saturated heterocycles. The lowest BCUT2D eigenvalue weighted by atomic mass is 9.95. The number of nitrogens with zero attached hydrogens (tertiary/aromatic N) is 2. The maximum Gasteiger partial charge on any atom is 0.266 e. The van der Waals surface area contributed by atoms with E-state index >= 15 is 0 Å². The Balaban J connectivity index is 1.75. The average Bonchev–Trinajstić information content (AvgIpc) is 3.28. The van der Waals surface area contributed by atoms with Gasteiger partial charge in [0.05, 0.1) is 10.9 Å². The lowest BCUT2D eigenvalue weighted by molar-refractivity contribution is 0.420. The Morgan fingerprint density at radius 2 is 1.18 bits per heavy atom. The first-order valence-corrected chi connectivity index (χ1v) is 12.3. The van der Waals surface area contributed by atoms with Crippen molar-refractivity contribution in [2.75, 3.05) is 0 Å². The summed E-state index contributed by atoms with van der Waals surface area (Å²) in [4.78, 5) is 5.30. The third kappa shape index (κ3) is 3.96. The molecule has 2 atom stereocenters. The van der Waals surface area contributed by atoms with E-state index in [9.17, 15) is 8.42 Å². The van der Waals surface area contributed by atoms with Crippen LogP contribution in [-0.2, 0) is 10.0 Å². The van der Waals surface area contributed by atoms with Crippen LogP contribution in [0.4, 0.5) is 0 Å². The molecule has 0 unspecified atom stereocenters. The monoisotopic (exact) mass is 452 g/mol. The molecule has 0 aliphatic carbocycles. The average molecular weight is 453 g/mol. The number of aryl methyl sites for hydroxylation is 1. The Labute approximate surface area is 194 Å². The molecule has 0 saturated carbocycles. The predicted molar refractivity (Wildman–Crippen MR) is 132 cm³/mol. The van der Waals surface area contributed by atoms with Crippen molar-refractivity contribution < 1.29 is 8.42 Å². The second-order valence-electron chi connectivity index (χ2n) is 8.14. The van der Waals surface area contributed by atoms with Gasteiger partial charge in [0.2, 0.25) is 0 Å². The van der Waals surface area contributed by atoms with Gasteiger partial charge in [-0.25, -0.2) is 12.7 Å². The van der Waals surface area contributed by atoms with Gasteiger partial charge in [0.25, 0.3) is 10.0 Å². The molecule has 0 radical (unpaired) electrons. The van der Waals surface area contributed by atoms with Crippen LogP contribution in [0.2, 0.25) is 0 Å². The van der Waals surface area contributed by atoms with Crippen molar-refractivity contribution in [1.82, 2.24) is 4.31 Å². The molecule has 33 heavy (non-hydrogen) atoms. The van der Waals surface area contributed by atoms with Gasteiger partial charge in [0.1, 0.15) is 11.9 Å². The zero-order valence-corrected chi connectivity index (χ0v) is 19.1. The topological polar surface area (TPSA) is 49.7 Å². The van der Waals surface area contributed by atoms with Gasteiger partial charge in [-0.1, -0.05) is 109 Å². The summed E-state index contributed by atoms with van der Waals surface area (Å²) in [6, 6.07) is 35.3. The van der Waals surface area contributed by atoms with Gasteiger partial charge >= 0.3 is 0 Å². The van der Waals surface area contributed by atoms with E-state index in [0.29, 0.717) is 5.84 Å². The molecule has 1 aliphatic rings. The predicted octanol–water partition coefficient (Wildman–Crippen LogP) is 5.93. The summed E-state index contributed by atoms with van der Waals surface area (Å²) in [5.74, 6) is 0.457. The second kappa shape index (κ2) is 8.68. The van der Waals surface area contributed by atoms with Gasteiger partial charge in [-0.2, -0.15) is 0 Å². The number of benzene rings is 4. The molecule has 4 nitrogen and oxygen atoms in total. The minimum atomic E-state index is -3.89. The van der Waals surface area contributed by atoms with Crippen LogP contribution >= 0.6 is 0 Å². The van der Waals surface area contributed by atoms with Crippen molar-refractivity contribution in [2.45, 2.75) is 23.9 Å². The Bertz CT molecular complexity index is 1370. The lowest BCUT2D eigenvalue weighted by Gasteiger charge is -2.30. The number of hydrogen-bond acceptors (Lipinski definition) is 3.